The Morgan fingerprint density at radius 2 is 2.20 bits per heavy atom. The van der Waals surface area contributed by atoms with E-state index in [1.165, 1.54) is 18.2 Å². The summed E-state index contributed by atoms with van der Waals surface area (Å²) in [6.07, 6.45) is 9.09. The predicted octanol–water partition coefficient (Wildman–Crippen LogP) is 3.24. The zero-order chi connectivity index (χ0) is 14.6. The molecule has 4 nitrogen and oxygen atoms in total. The maximum atomic E-state index is 11.8. The van der Waals surface area contributed by atoms with Gasteiger partial charge in [0.2, 0.25) is 0 Å². The Bertz CT molecular complexity index is 633. The van der Waals surface area contributed by atoms with Crippen molar-refractivity contribution >= 4 is 21.7 Å². The third-order valence-electron chi connectivity index (χ3n) is 3.42. The summed E-state index contributed by atoms with van der Waals surface area (Å²) < 4.78 is 23.7. The number of allylic oxidation sites excluding steroid dienone is 2. The molecule has 1 unspecified atom stereocenters. The maximum Gasteiger partial charge on any atom is 0.178 e. The molecule has 0 saturated heterocycles. The first-order valence-corrected chi connectivity index (χ1v) is 8.43. The lowest BCUT2D eigenvalue weighted by molar-refractivity contribution is 0.476. The van der Waals surface area contributed by atoms with Crippen LogP contribution in [0.25, 0.3) is 0 Å². The number of aromatic hydroxyl groups is 1. The van der Waals surface area contributed by atoms with Crippen LogP contribution in [0.2, 0.25) is 0 Å². The van der Waals surface area contributed by atoms with Crippen molar-refractivity contribution in [3.8, 4) is 5.75 Å². The minimum Gasteiger partial charge on any atom is -0.506 e. The van der Waals surface area contributed by atoms with Crippen molar-refractivity contribution < 1.29 is 13.5 Å². The van der Waals surface area contributed by atoms with E-state index < -0.39 is 9.84 Å². The number of rotatable bonds is 4. The summed E-state index contributed by atoms with van der Waals surface area (Å²) >= 11 is 0. The van der Waals surface area contributed by atoms with Gasteiger partial charge in [-0.05, 0) is 43.4 Å². The molecular weight excluding hydrogens is 274 g/mol. The zero-order valence-electron chi connectivity index (χ0n) is 11.5. The first kappa shape index (κ1) is 14.8. The van der Waals surface area contributed by atoms with Gasteiger partial charge in [-0.2, -0.15) is 0 Å². The van der Waals surface area contributed by atoms with Gasteiger partial charge < -0.3 is 5.11 Å². The van der Waals surface area contributed by atoms with Crippen LogP contribution in [0.4, 0.5) is 5.69 Å². The van der Waals surface area contributed by atoms with Crippen LogP contribution in [0.1, 0.15) is 26.2 Å². The average Bonchev–Trinajstić information content (AvgIpc) is 2.47. The molecule has 0 aliphatic heterocycles. The fraction of sp³-hybridized carbons (Fsp3) is 0.400. The summed E-state index contributed by atoms with van der Waals surface area (Å²) in [7, 11) is -3.28. The van der Waals surface area contributed by atoms with Gasteiger partial charge in [-0.1, -0.05) is 19.1 Å². The maximum absolute atomic E-state index is 11.8. The molecule has 2 rings (SSSR count). The highest BCUT2D eigenvalue weighted by Gasteiger charge is 2.14. The number of nitrogens with zero attached hydrogens (tertiary/aromatic N) is 1. The van der Waals surface area contributed by atoms with E-state index in [1.807, 2.05) is 0 Å². The van der Waals surface area contributed by atoms with Crippen molar-refractivity contribution in [1.29, 1.82) is 0 Å². The van der Waals surface area contributed by atoms with E-state index in [4.69, 9.17) is 0 Å². The molecule has 5 heteroatoms. The highest BCUT2D eigenvalue weighted by atomic mass is 32.2. The van der Waals surface area contributed by atoms with E-state index in [2.05, 4.69) is 17.1 Å². The lowest BCUT2D eigenvalue weighted by Gasteiger charge is -2.12. The fourth-order valence-corrected chi connectivity index (χ4v) is 3.00. The van der Waals surface area contributed by atoms with Gasteiger partial charge in [-0.25, -0.2) is 8.42 Å². The van der Waals surface area contributed by atoms with Gasteiger partial charge in [0.15, 0.2) is 9.84 Å². The molecular formula is C15H19NO3S. The summed E-state index contributed by atoms with van der Waals surface area (Å²) in [4.78, 5) is 4.47. The summed E-state index contributed by atoms with van der Waals surface area (Å²) in [6.45, 7) is 1.60. The molecule has 1 aromatic carbocycles. The number of phenols is 1. The summed E-state index contributed by atoms with van der Waals surface area (Å²) in [5, 5.41) is 9.78. The van der Waals surface area contributed by atoms with Crippen LogP contribution in [-0.2, 0) is 9.84 Å². The van der Waals surface area contributed by atoms with Gasteiger partial charge in [0.25, 0.3) is 0 Å². The van der Waals surface area contributed by atoms with Crippen molar-refractivity contribution in [3.63, 3.8) is 0 Å². The van der Waals surface area contributed by atoms with Gasteiger partial charge in [0.1, 0.15) is 11.4 Å². The molecule has 20 heavy (non-hydrogen) atoms. The average molecular weight is 293 g/mol. The predicted molar refractivity (Wildman–Crippen MR) is 80.5 cm³/mol. The van der Waals surface area contributed by atoms with Gasteiger partial charge >= 0.3 is 0 Å². The normalized spacial score (nSPS) is 19.6. The molecule has 0 heterocycles. The molecule has 1 N–H and O–H groups in total. The number of hydrogen-bond donors (Lipinski definition) is 1. The van der Waals surface area contributed by atoms with Crippen LogP contribution in [0.15, 0.2) is 40.2 Å². The Hall–Kier alpha value is -1.62. The molecule has 1 aliphatic rings. The lowest BCUT2D eigenvalue weighted by atomic mass is 9.96. The number of hydrogen-bond acceptors (Lipinski definition) is 4. The standard InChI is InChI=1S/C15H19NO3S/c1-2-20(18,19)13-8-9-15(17)14(10-13)16-11-12-6-4-3-5-7-12/h3-4,8-12,17H,2,5-7H2,1H3. The van der Waals surface area contributed by atoms with E-state index in [1.54, 1.807) is 13.1 Å². The van der Waals surface area contributed by atoms with Crippen LogP contribution in [0.3, 0.4) is 0 Å². The molecule has 1 aromatic rings. The van der Waals surface area contributed by atoms with Gasteiger partial charge in [-0.3, -0.25) is 4.99 Å². The van der Waals surface area contributed by atoms with Crippen LogP contribution in [0.5, 0.6) is 5.75 Å². The Balaban J connectivity index is 2.25. The summed E-state index contributed by atoms with van der Waals surface area (Å²) in [5.74, 6) is 0.391. The van der Waals surface area contributed by atoms with E-state index in [0.717, 1.165) is 19.3 Å². The van der Waals surface area contributed by atoms with E-state index in [-0.39, 0.29) is 16.4 Å². The first-order valence-electron chi connectivity index (χ1n) is 6.78. The Labute approximate surface area is 119 Å². The molecule has 0 saturated carbocycles. The van der Waals surface area contributed by atoms with Crippen LogP contribution < -0.4 is 0 Å². The molecule has 1 atom stereocenters. The smallest absolute Gasteiger partial charge is 0.178 e. The second-order valence-corrected chi connectivity index (χ2v) is 7.15. The topological polar surface area (TPSA) is 66.7 Å². The van der Waals surface area contributed by atoms with E-state index in [0.29, 0.717) is 11.6 Å². The highest BCUT2D eigenvalue weighted by molar-refractivity contribution is 7.91. The molecule has 0 radical (unpaired) electrons. The number of phenolic OH excluding ortho intramolecular Hbond substituents is 1. The highest BCUT2D eigenvalue weighted by Crippen LogP contribution is 2.30. The van der Waals surface area contributed by atoms with Crippen molar-refractivity contribution in [1.82, 2.24) is 0 Å². The Morgan fingerprint density at radius 1 is 1.40 bits per heavy atom. The van der Waals surface area contributed by atoms with Gasteiger partial charge in [0.05, 0.1) is 10.6 Å². The van der Waals surface area contributed by atoms with Crippen molar-refractivity contribution in [2.45, 2.75) is 31.1 Å². The molecule has 1 aliphatic carbocycles. The number of aliphatic imine (C=N–C) groups is 1. The minimum absolute atomic E-state index is 0.00246. The van der Waals surface area contributed by atoms with Crippen LogP contribution in [0, 0.1) is 5.92 Å². The van der Waals surface area contributed by atoms with Gasteiger partial charge in [-0.15, -0.1) is 0 Å². The number of sulfone groups is 1. The third kappa shape index (κ3) is 3.48. The summed E-state index contributed by atoms with van der Waals surface area (Å²) in [6, 6.07) is 4.23. The Morgan fingerprint density at radius 3 is 2.85 bits per heavy atom. The summed E-state index contributed by atoms with van der Waals surface area (Å²) in [5.41, 5.74) is 0.314. The monoisotopic (exact) mass is 293 g/mol. The van der Waals surface area contributed by atoms with Crippen LogP contribution in [-0.4, -0.2) is 25.5 Å². The van der Waals surface area contributed by atoms with E-state index in [9.17, 15) is 13.5 Å². The molecule has 0 fully saturated rings. The molecule has 0 amide bonds. The first-order chi connectivity index (χ1) is 9.53. The molecule has 0 spiro atoms. The third-order valence-corrected chi connectivity index (χ3v) is 5.15. The van der Waals surface area contributed by atoms with Crippen molar-refractivity contribution in [3.05, 3.63) is 30.4 Å². The van der Waals surface area contributed by atoms with Gasteiger partial charge in [0, 0.05) is 6.21 Å². The second kappa shape index (κ2) is 6.22. The van der Waals surface area contributed by atoms with E-state index >= 15 is 0 Å². The Kier molecular flexibility index (Phi) is 4.60. The second-order valence-electron chi connectivity index (χ2n) is 4.88. The van der Waals surface area contributed by atoms with Crippen molar-refractivity contribution in [2.75, 3.05) is 5.75 Å². The molecule has 0 bridgehead atoms. The SMILES string of the molecule is CCS(=O)(=O)c1ccc(O)c(N=CC2CC=CCC2)c1. The molecule has 0 aromatic heterocycles. The quantitative estimate of drug-likeness (QED) is 0.684. The zero-order valence-corrected chi connectivity index (χ0v) is 12.3. The molecule has 108 valence electrons. The fourth-order valence-electron chi connectivity index (χ4n) is 2.10. The number of benzene rings is 1. The van der Waals surface area contributed by atoms with Crippen molar-refractivity contribution in [2.24, 2.45) is 10.9 Å². The largest absolute Gasteiger partial charge is 0.506 e. The lowest BCUT2D eigenvalue weighted by Crippen LogP contribution is -2.04. The van der Waals surface area contributed by atoms with Crippen LogP contribution >= 0.6 is 0 Å². The minimum atomic E-state index is -3.28.